The standard InChI is InChI=1S/C18H18Cl2FN3O4S/c1-29(27,28)24-6-4-11(5-7-24)23-18(26)14-8-10(9-22-14)17(25)15-12(19)2-3-13(20)16(15)21/h2-3,8-9,11,22H,4-7H2,1H3,(H,23,26). The van der Waals surface area contributed by atoms with E-state index in [0.29, 0.717) is 25.9 Å². The number of rotatable bonds is 5. The molecule has 0 spiro atoms. The molecule has 11 heteroatoms. The topological polar surface area (TPSA) is 99.3 Å². The summed E-state index contributed by atoms with van der Waals surface area (Å²) in [7, 11) is -3.25. The highest BCUT2D eigenvalue weighted by molar-refractivity contribution is 7.88. The van der Waals surface area contributed by atoms with Crippen molar-refractivity contribution in [1.29, 1.82) is 0 Å². The summed E-state index contributed by atoms with van der Waals surface area (Å²) >= 11 is 11.7. The fourth-order valence-corrected chi connectivity index (χ4v) is 4.39. The van der Waals surface area contributed by atoms with Crippen LogP contribution in [-0.2, 0) is 10.0 Å². The Morgan fingerprint density at radius 1 is 1.21 bits per heavy atom. The van der Waals surface area contributed by atoms with E-state index in [2.05, 4.69) is 10.3 Å². The lowest BCUT2D eigenvalue weighted by molar-refractivity contribution is 0.0919. The van der Waals surface area contributed by atoms with Gasteiger partial charge >= 0.3 is 0 Å². The molecule has 0 aliphatic carbocycles. The molecule has 2 heterocycles. The number of aromatic amines is 1. The Hall–Kier alpha value is -1.94. The van der Waals surface area contributed by atoms with E-state index in [1.165, 1.54) is 28.7 Å². The first-order valence-electron chi connectivity index (χ1n) is 8.70. The van der Waals surface area contributed by atoms with Crippen molar-refractivity contribution in [1.82, 2.24) is 14.6 Å². The maximum absolute atomic E-state index is 14.2. The maximum atomic E-state index is 14.2. The normalized spacial score (nSPS) is 16.0. The minimum absolute atomic E-state index is 0.0603. The van der Waals surface area contributed by atoms with Crippen LogP contribution in [0.4, 0.5) is 4.39 Å². The van der Waals surface area contributed by atoms with E-state index in [1.54, 1.807) is 0 Å². The zero-order chi connectivity index (χ0) is 21.3. The number of ketones is 1. The number of nitrogens with one attached hydrogen (secondary N) is 2. The minimum Gasteiger partial charge on any atom is -0.356 e. The SMILES string of the molecule is CS(=O)(=O)N1CCC(NC(=O)c2cc(C(=O)c3c(Cl)ccc(Cl)c3F)c[nH]2)CC1. The van der Waals surface area contributed by atoms with Gasteiger partial charge in [-0.1, -0.05) is 23.2 Å². The van der Waals surface area contributed by atoms with Crippen LogP contribution < -0.4 is 5.32 Å². The summed E-state index contributed by atoms with van der Waals surface area (Å²) in [5.74, 6) is -2.07. The predicted octanol–water partition coefficient (Wildman–Crippen LogP) is 2.85. The third kappa shape index (κ3) is 4.80. The monoisotopic (exact) mass is 461 g/mol. The molecule has 29 heavy (non-hydrogen) atoms. The lowest BCUT2D eigenvalue weighted by Gasteiger charge is -2.30. The first-order chi connectivity index (χ1) is 13.6. The summed E-state index contributed by atoms with van der Waals surface area (Å²) in [6.07, 6.45) is 3.40. The molecule has 0 saturated carbocycles. The van der Waals surface area contributed by atoms with Crippen LogP contribution >= 0.6 is 23.2 Å². The second-order valence-corrected chi connectivity index (χ2v) is 9.56. The Balaban J connectivity index is 1.68. The quantitative estimate of drug-likeness (QED) is 0.527. The number of amides is 1. The van der Waals surface area contributed by atoms with Crippen LogP contribution in [0.2, 0.25) is 10.0 Å². The number of sulfonamides is 1. The molecule has 0 atom stereocenters. The molecule has 1 saturated heterocycles. The van der Waals surface area contributed by atoms with E-state index in [4.69, 9.17) is 23.2 Å². The fraction of sp³-hybridized carbons (Fsp3) is 0.333. The van der Waals surface area contributed by atoms with Crippen LogP contribution in [0.1, 0.15) is 39.3 Å². The highest BCUT2D eigenvalue weighted by Gasteiger charge is 2.27. The molecule has 0 unspecified atom stereocenters. The molecule has 156 valence electrons. The summed E-state index contributed by atoms with van der Waals surface area (Å²) < 4.78 is 38.7. The second kappa shape index (κ2) is 8.43. The van der Waals surface area contributed by atoms with Crippen molar-refractivity contribution in [2.45, 2.75) is 18.9 Å². The van der Waals surface area contributed by atoms with Gasteiger partial charge in [0.1, 0.15) is 5.69 Å². The lowest BCUT2D eigenvalue weighted by atomic mass is 10.0. The zero-order valence-corrected chi connectivity index (χ0v) is 17.7. The van der Waals surface area contributed by atoms with Crippen molar-refractivity contribution in [3.05, 3.63) is 57.1 Å². The molecule has 1 amide bonds. The number of hydrogen-bond donors (Lipinski definition) is 2. The predicted molar refractivity (Wildman–Crippen MR) is 108 cm³/mol. The number of benzene rings is 1. The van der Waals surface area contributed by atoms with Crippen molar-refractivity contribution >= 4 is 44.9 Å². The number of hydrogen-bond acceptors (Lipinski definition) is 4. The highest BCUT2D eigenvalue weighted by atomic mass is 35.5. The van der Waals surface area contributed by atoms with Crippen molar-refractivity contribution in [2.75, 3.05) is 19.3 Å². The van der Waals surface area contributed by atoms with Gasteiger partial charge in [0, 0.05) is 30.9 Å². The van der Waals surface area contributed by atoms with Gasteiger partial charge in [-0.05, 0) is 31.0 Å². The van der Waals surface area contributed by atoms with E-state index in [-0.39, 0.29) is 32.9 Å². The van der Waals surface area contributed by atoms with Gasteiger partial charge < -0.3 is 10.3 Å². The lowest BCUT2D eigenvalue weighted by Crippen LogP contribution is -2.46. The van der Waals surface area contributed by atoms with Gasteiger partial charge in [-0.3, -0.25) is 9.59 Å². The van der Waals surface area contributed by atoms with E-state index in [1.807, 2.05) is 0 Å². The third-order valence-corrected chi connectivity index (χ3v) is 6.63. The third-order valence-electron chi connectivity index (χ3n) is 4.72. The number of carbonyl (C=O) groups excluding carboxylic acids is 2. The first kappa shape index (κ1) is 21.8. The number of H-pyrrole nitrogens is 1. The van der Waals surface area contributed by atoms with Crippen molar-refractivity contribution < 1.29 is 22.4 Å². The second-order valence-electron chi connectivity index (χ2n) is 6.76. The summed E-state index contributed by atoms with van der Waals surface area (Å²) in [5.41, 5.74) is -0.180. The van der Waals surface area contributed by atoms with Crippen LogP contribution in [0, 0.1) is 5.82 Å². The van der Waals surface area contributed by atoms with Crippen LogP contribution in [0.3, 0.4) is 0 Å². The summed E-state index contributed by atoms with van der Waals surface area (Å²) in [4.78, 5) is 27.7. The van der Waals surface area contributed by atoms with Gasteiger partial charge in [-0.2, -0.15) is 0 Å². The molecule has 1 aromatic heterocycles. The molecule has 2 N–H and O–H groups in total. The zero-order valence-electron chi connectivity index (χ0n) is 15.3. The van der Waals surface area contributed by atoms with E-state index in [0.717, 1.165) is 6.26 Å². The Kier molecular flexibility index (Phi) is 6.33. The number of piperidine rings is 1. The first-order valence-corrected chi connectivity index (χ1v) is 11.3. The molecule has 1 aliphatic heterocycles. The molecular formula is C18H18Cl2FN3O4S. The smallest absolute Gasteiger partial charge is 0.267 e. The number of nitrogens with zero attached hydrogens (tertiary/aromatic N) is 1. The molecule has 1 aromatic carbocycles. The van der Waals surface area contributed by atoms with Gasteiger partial charge in [0.05, 0.1) is 21.9 Å². The Morgan fingerprint density at radius 2 is 1.83 bits per heavy atom. The Morgan fingerprint density at radius 3 is 2.45 bits per heavy atom. The Labute approximate surface area is 177 Å². The summed E-state index contributed by atoms with van der Waals surface area (Å²) in [6.45, 7) is 0.648. The largest absolute Gasteiger partial charge is 0.356 e. The van der Waals surface area contributed by atoms with Crippen molar-refractivity contribution in [2.24, 2.45) is 0 Å². The van der Waals surface area contributed by atoms with Crippen LogP contribution in [0.15, 0.2) is 24.4 Å². The average Bonchev–Trinajstić information content (AvgIpc) is 3.15. The van der Waals surface area contributed by atoms with Gasteiger partial charge in [-0.15, -0.1) is 0 Å². The molecule has 1 aliphatic rings. The number of halogens is 3. The molecule has 2 aromatic rings. The minimum atomic E-state index is -3.25. The van der Waals surface area contributed by atoms with Crippen LogP contribution in [0.5, 0.6) is 0 Å². The van der Waals surface area contributed by atoms with Crippen molar-refractivity contribution in [3.8, 4) is 0 Å². The fourth-order valence-electron chi connectivity index (χ4n) is 3.13. The molecule has 0 radical (unpaired) electrons. The molecule has 7 nitrogen and oxygen atoms in total. The van der Waals surface area contributed by atoms with E-state index in [9.17, 15) is 22.4 Å². The van der Waals surface area contributed by atoms with Gasteiger partial charge in [0.15, 0.2) is 11.6 Å². The molecular weight excluding hydrogens is 444 g/mol. The van der Waals surface area contributed by atoms with Gasteiger partial charge in [-0.25, -0.2) is 17.1 Å². The van der Waals surface area contributed by atoms with Crippen LogP contribution in [0.25, 0.3) is 0 Å². The molecule has 3 rings (SSSR count). The van der Waals surface area contributed by atoms with Crippen molar-refractivity contribution in [3.63, 3.8) is 0 Å². The molecule has 1 fully saturated rings. The van der Waals surface area contributed by atoms with E-state index < -0.39 is 27.5 Å². The highest BCUT2D eigenvalue weighted by Crippen LogP contribution is 2.28. The van der Waals surface area contributed by atoms with E-state index >= 15 is 0 Å². The summed E-state index contributed by atoms with van der Waals surface area (Å²) in [6, 6.07) is 3.69. The van der Waals surface area contributed by atoms with Gasteiger partial charge in [0.25, 0.3) is 5.91 Å². The number of carbonyl (C=O) groups is 2. The average molecular weight is 462 g/mol. The summed E-state index contributed by atoms with van der Waals surface area (Å²) in [5, 5.41) is 2.50. The maximum Gasteiger partial charge on any atom is 0.267 e. The Bertz CT molecular complexity index is 1060. The number of aromatic nitrogens is 1. The van der Waals surface area contributed by atoms with Gasteiger partial charge in [0.2, 0.25) is 10.0 Å². The molecule has 0 bridgehead atoms. The van der Waals surface area contributed by atoms with Crippen LogP contribution in [-0.4, -0.2) is 54.8 Å².